The number of carbonyl (C=O) groups excluding carboxylic acids is 2. The second kappa shape index (κ2) is 10.9. The van der Waals surface area contributed by atoms with Crippen LogP contribution in [0.2, 0.25) is 0 Å². The fourth-order valence-corrected chi connectivity index (χ4v) is 4.70. The first-order chi connectivity index (χ1) is 16.8. The van der Waals surface area contributed by atoms with E-state index < -0.39 is 24.0 Å². The molecule has 186 valence electrons. The molecule has 2 amide bonds. The average Bonchev–Trinajstić information content (AvgIpc) is 3.44. The number of ether oxygens (including phenoxy) is 2. The van der Waals surface area contributed by atoms with Crippen molar-refractivity contribution in [2.45, 2.75) is 24.5 Å². The summed E-state index contributed by atoms with van der Waals surface area (Å²) in [5.41, 5.74) is 4.50. The molecule has 1 heterocycles. The lowest BCUT2D eigenvalue weighted by Crippen LogP contribution is -2.52. The molecular weight excluding hydrogens is 450 g/mol. The summed E-state index contributed by atoms with van der Waals surface area (Å²) in [4.78, 5) is 38.4. The average molecular weight is 482 g/mol. The zero-order valence-electron chi connectivity index (χ0n) is 19.9. The fraction of sp³-hybridized carbons (Fsp3) is 0.423. The van der Waals surface area contributed by atoms with Crippen molar-refractivity contribution in [1.29, 1.82) is 0 Å². The number of hydrogen-bond donors (Lipinski definition) is 3. The van der Waals surface area contributed by atoms with Crippen molar-refractivity contribution < 1.29 is 29.0 Å². The van der Waals surface area contributed by atoms with Gasteiger partial charge in [-0.25, -0.2) is 4.79 Å². The predicted octanol–water partition coefficient (Wildman–Crippen LogP) is 2.06. The van der Waals surface area contributed by atoms with Crippen LogP contribution in [0.25, 0.3) is 11.1 Å². The first-order valence-corrected chi connectivity index (χ1v) is 11.7. The number of carbonyl (C=O) groups is 3. The summed E-state index contributed by atoms with van der Waals surface area (Å²) in [6.07, 6.45) is -0.695. The summed E-state index contributed by atoms with van der Waals surface area (Å²) < 4.78 is 11.0. The second-order valence-electron chi connectivity index (χ2n) is 9.26. The molecule has 1 fully saturated rings. The highest BCUT2D eigenvalue weighted by Gasteiger charge is 2.32. The Kier molecular flexibility index (Phi) is 7.67. The Morgan fingerprint density at radius 3 is 2.29 bits per heavy atom. The SMILES string of the molecule is CN(C)C[C@H](NC(=O)OCC1c2ccccc2-c2ccccc21)C(=O)NC[C@H]1C[C@@H](C(=O)O)CO1. The van der Waals surface area contributed by atoms with E-state index in [0.717, 1.165) is 22.3 Å². The molecular formula is C26H31N3O6. The third-order valence-electron chi connectivity index (χ3n) is 6.43. The van der Waals surface area contributed by atoms with Gasteiger partial charge in [0.2, 0.25) is 5.91 Å². The molecule has 3 atom stereocenters. The largest absolute Gasteiger partial charge is 0.481 e. The number of hydrogen-bond acceptors (Lipinski definition) is 6. The van der Waals surface area contributed by atoms with Gasteiger partial charge < -0.3 is 30.1 Å². The number of nitrogens with zero attached hydrogens (tertiary/aromatic N) is 1. The van der Waals surface area contributed by atoms with Crippen LogP contribution in [-0.4, -0.2) is 80.5 Å². The summed E-state index contributed by atoms with van der Waals surface area (Å²) in [6.45, 7) is 0.746. The zero-order chi connectivity index (χ0) is 24.9. The quantitative estimate of drug-likeness (QED) is 0.502. The fourth-order valence-electron chi connectivity index (χ4n) is 4.70. The second-order valence-corrected chi connectivity index (χ2v) is 9.26. The molecule has 2 aliphatic rings. The number of amides is 2. The standard InChI is InChI=1S/C26H31N3O6/c1-29(2)13-23(24(30)27-12-17-11-16(14-34-17)25(31)32)28-26(33)35-15-22-20-9-5-3-7-18(20)19-8-4-6-10-21(19)22/h3-10,16-17,22-23H,11-15H2,1-2H3,(H,27,30)(H,28,33)(H,31,32)/t16-,17-,23+/m1/s1. The van der Waals surface area contributed by atoms with Crippen molar-refractivity contribution in [2.75, 3.05) is 40.4 Å². The molecule has 0 aromatic heterocycles. The Labute approximate surface area is 204 Å². The molecule has 1 aliphatic heterocycles. The van der Waals surface area contributed by atoms with E-state index in [9.17, 15) is 14.4 Å². The third kappa shape index (κ3) is 5.80. The maximum Gasteiger partial charge on any atom is 0.407 e. The van der Waals surface area contributed by atoms with E-state index in [1.54, 1.807) is 19.0 Å². The Balaban J connectivity index is 1.33. The Bertz CT molecular complexity index is 1040. The van der Waals surface area contributed by atoms with E-state index in [1.807, 2.05) is 36.4 Å². The third-order valence-corrected chi connectivity index (χ3v) is 6.43. The van der Waals surface area contributed by atoms with E-state index in [4.69, 9.17) is 14.6 Å². The van der Waals surface area contributed by atoms with Crippen molar-refractivity contribution in [3.8, 4) is 11.1 Å². The highest BCUT2D eigenvalue weighted by Crippen LogP contribution is 2.44. The molecule has 0 radical (unpaired) electrons. The predicted molar refractivity (Wildman–Crippen MR) is 129 cm³/mol. The minimum Gasteiger partial charge on any atom is -0.481 e. The van der Waals surface area contributed by atoms with Crippen LogP contribution in [0, 0.1) is 5.92 Å². The molecule has 1 aliphatic carbocycles. The number of carboxylic acids is 1. The number of nitrogens with one attached hydrogen (secondary N) is 2. The van der Waals surface area contributed by atoms with Crippen LogP contribution < -0.4 is 10.6 Å². The summed E-state index contributed by atoms with van der Waals surface area (Å²) in [6, 6.07) is 15.3. The number of likely N-dealkylation sites (N-methyl/N-ethyl adjacent to an activating group) is 1. The van der Waals surface area contributed by atoms with E-state index in [0.29, 0.717) is 6.42 Å². The van der Waals surface area contributed by atoms with Gasteiger partial charge in [0, 0.05) is 19.0 Å². The highest BCUT2D eigenvalue weighted by atomic mass is 16.5. The maximum absolute atomic E-state index is 12.8. The number of fused-ring (bicyclic) bond motifs is 3. The smallest absolute Gasteiger partial charge is 0.407 e. The Hall–Kier alpha value is -3.43. The van der Waals surface area contributed by atoms with Crippen LogP contribution in [0.1, 0.15) is 23.5 Å². The number of aliphatic carboxylic acids is 1. The van der Waals surface area contributed by atoms with Gasteiger partial charge >= 0.3 is 12.1 Å². The Morgan fingerprint density at radius 2 is 1.71 bits per heavy atom. The molecule has 4 rings (SSSR count). The number of benzene rings is 2. The summed E-state index contributed by atoms with van der Waals surface area (Å²) >= 11 is 0. The van der Waals surface area contributed by atoms with Crippen LogP contribution in [0.15, 0.2) is 48.5 Å². The molecule has 0 saturated carbocycles. The lowest BCUT2D eigenvalue weighted by atomic mass is 9.98. The molecule has 9 heteroatoms. The normalized spacial score (nSPS) is 19.6. The lowest BCUT2D eigenvalue weighted by molar-refractivity contribution is -0.141. The molecule has 3 N–H and O–H groups in total. The molecule has 35 heavy (non-hydrogen) atoms. The molecule has 9 nitrogen and oxygen atoms in total. The van der Waals surface area contributed by atoms with E-state index >= 15 is 0 Å². The molecule has 0 spiro atoms. The van der Waals surface area contributed by atoms with E-state index in [2.05, 4.69) is 22.8 Å². The van der Waals surface area contributed by atoms with Crippen molar-refractivity contribution in [1.82, 2.24) is 15.5 Å². The zero-order valence-corrected chi connectivity index (χ0v) is 19.9. The monoisotopic (exact) mass is 481 g/mol. The van der Waals surface area contributed by atoms with Gasteiger partial charge in [-0.2, -0.15) is 0 Å². The maximum atomic E-state index is 12.8. The van der Waals surface area contributed by atoms with Crippen LogP contribution in [0.5, 0.6) is 0 Å². The van der Waals surface area contributed by atoms with Gasteiger partial charge in [-0.3, -0.25) is 9.59 Å². The van der Waals surface area contributed by atoms with Crippen LogP contribution in [-0.2, 0) is 19.1 Å². The van der Waals surface area contributed by atoms with Gasteiger partial charge in [0.1, 0.15) is 12.6 Å². The van der Waals surface area contributed by atoms with Crippen LogP contribution in [0.4, 0.5) is 4.79 Å². The first kappa shape index (κ1) is 24.7. The summed E-state index contributed by atoms with van der Waals surface area (Å²) in [7, 11) is 3.61. The van der Waals surface area contributed by atoms with Crippen molar-refractivity contribution in [3.05, 3.63) is 59.7 Å². The highest BCUT2D eigenvalue weighted by molar-refractivity contribution is 5.86. The molecule has 2 aromatic rings. The van der Waals surface area contributed by atoms with E-state index in [1.165, 1.54) is 0 Å². The van der Waals surface area contributed by atoms with Gasteiger partial charge in [-0.05, 0) is 42.8 Å². The number of carboxylic acid groups (broad SMARTS) is 1. The summed E-state index contributed by atoms with van der Waals surface area (Å²) in [5.74, 6) is -1.92. The van der Waals surface area contributed by atoms with Crippen molar-refractivity contribution in [3.63, 3.8) is 0 Å². The van der Waals surface area contributed by atoms with Crippen molar-refractivity contribution in [2.24, 2.45) is 5.92 Å². The first-order valence-electron chi connectivity index (χ1n) is 11.7. The van der Waals surface area contributed by atoms with Gasteiger partial charge in [-0.1, -0.05) is 48.5 Å². The van der Waals surface area contributed by atoms with Gasteiger partial charge in [0.15, 0.2) is 0 Å². The molecule has 0 bridgehead atoms. The lowest BCUT2D eigenvalue weighted by Gasteiger charge is -2.23. The van der Waals surface area contributed by atoms with Crippen LogP contribution in [0.3, 0.4) is 0 Å². The minimum absolute atomic E-state index is 0.0732. The number of rotatable bonds is 9. The molecule has 2 aromatic carbocycles. The van der Waals surface area contributed by atoms with Gasteiger partial charge in [0.05, 0.1) is 18.6 Å². The van der Waals surface area contributed by atoms with E-state index in [-0.39, 0.29) is 44.2 Å². The number of alkyl carbamates (subject to hydrolysis) is 1. The minimum atomic E-state index is -0.902. The topological polar surface area (TPSA) is 117 Å². The van der Waals surface area contributed by atoms with Crippen molar-refractivity contribution >= 4 is 18.0 Å². The van der Waals surface area contributed by atoms with Gasteiger partial charge in [0.25, 0.3) is 0 Å². The Morgan fingerprint density at radius 1 is 1.09 bits per heavy atom. The van der Waals surface area contributed by atoms with Gasteiger partial charge in [-0.15, -0.1) is 0 Å². The summed E-state index contributed by atoms with van der Waals surface area (Å²) in [5, 5.41) is 14.5. The molecule has 0 unspecified atom stereocenters. The van der Waals surface area contributed by atoms with Crippen LogP contribution >= 0.6 is 0 Å². The molecule has 1 saturated heterocycles.